The van der Waals surface area contributed by atoms with Crippen molar-refractivity contribution in [2.75, 3.05) is 6.61 Å². The Morgan fingerprint density at radius 2 is 1.70 bits per heavy atom. The molecule has 2 nitrogen and oxygen atoms in total. The number of rotatable bonds is 6. The lowest BCUT2D eigenvalue weighted by molar-refractivity contribution is 0.260. The van der Waals surface area contributed by atoms with Gasteiger partial charge in [0, 0.05) is 23.2 Å². The van der Waals surface area contributed by atoms with Crippen LogP contribution in [-0.4, -0.2) is 11.7 Å². The van der Waals surface area contributed by atoms with Crippen LogP contribution in [0.25, 0.3) is 0 Å². The molecule has 0 aromatic heterocycles. The zero-order valence-electron chi connectivity index (χ0n) is 11.6. The number of halogens is 1. The molecule has 0 heterocycles. The molecule has 3 heteroatoms. The van der Waals surface area contributed by atoms with Gasteiger partial charge in [-0.15, -0.1) is 0 Å². The molecule has 0 amide bonds. The molecule has 0 aliphatic rings. The normalized spacial score (nSPS) is 13.9. The van der Waals surface area contributed by atoms with Crippen LogP contribution in [0.1, 0.15) is 36.6 Å². The lowest BCUT2D eigenvalue weighted by Crippen LogP contribution is -2.25. The van der Waals surface area contributed by atoms with Crippen LogP contribution in [0.2, 0.25) is 0 Å². The van der Waals surface area contributed by atoms with Gasteiger partial charge in [0.25, 0.3) is 0 Å². The summed E-state index contributed by atoms with van der Waals surface area (Å²) < 4.78 is 1.11. The van der Waals surface area contributed by atoms with E-state index in [-0.39, 0.29) is 18.7 Å². The standard InChI is InChI=1S/C17H20BrNO/c1-13(15-9-5-6-10-16(15)18)19-17(11-12-20)14-7-3-2-4-8-14/h2-10,13,17,19-20H,11-12H2,1H3/t13?,17-/m1/s1. The Balaban J connectivity index is 2.14. The molecule has 0 fully saturated rings. The maximum atomic E-state index is 9.29. The first kappa shape index (κ1) is 15.2. The van der Waals surface area contributed by atoms with Crippen molar-refractivity contribution in [1.82, 2.24) is 5.32 Å². The first-order valence-electron chi connectivity index (χ1n) is 6.88. The molecular formula is C17H20BrNO. The van der Waals surface area contributed by atoms with Gasteiger partial charge in [-0.1, -0.05) is 64.5 Å². The fraction of sp³-hybridized carbons (Fsp3) is 0.294. The number of nitrogens with one attached hydrogen (secondary N) is 1. The number of hydrogen-bond donors (Lipinski definition) is 2. The molecule has 0 bridgehead atoms. The average molecular weight is 334 g/mol. The van der Waals surface area contributed by atoms with Crippen LogP contribution in [0.3, 0.4) is 0 Å². The van der Waals surface area contributed by atoms with E-state index in [1.54, 1.807) is 0 Å². The van der Waals surface area contributed by atoms with Gasteiger partial charge in [0.1, 0.15) is 0 Å². The predicted octanol–water partition coefficient (Wildman–Crippen LogP) is 4.22. The Morgan fingerprint density at radius 3 is 2.35 bits per heavy atom. The Labute approximate surface area is 129 Å². The van der Waals surface area contributed by atoms with Crippen molar-refractivity contribution >= 4 is 15.9 Å². The van der Waals surface area contributed by atoms with Gasteiger partial charge >= 0.3 is 0 Å². The minimum Gasteiger partial charge on any atom is -0.396 e. The molecule has 2 atom stereocenters. The molecule has 0 radical (unpaired) electrons. The Morgan fingerprint density at radius 1 is 1.05 bits per heavy atom. The van der Waals surface area contributed by atoms with Crippen LogP contribution in [-0.2, 0) is 0 Å². The van der Waals surface area contributed by atoms with E-state index in [9.17, 15) is 5.11 Å². The Bertz CT molecular complexity index is 530. The van der Waals surface area contributed by atoms with Crippen molar-refractivity contribution in [1.29, 1.82) is 0 Å². The van der Waals surface area contributed by atoms with Crippen molar-refractivity contribution in [2.45, 2.75) is 25.4 Å². The van der Waals surface area contributed by atoms with Crippen molar-refractivity contribution < 1.29 is 5.11 Å². The van der Waals surface area contributed by atoms with E-state index in [1.807, 2.05) is 30.3 Å². The summed E-state index contributed by atoms with van der Waals surface area (Å²) in [7, 11) is 0. The molecular weight excluding hydrogens is 314 g/mol. The van der Waals surface area contributed by atoms with Gasteiger partial charge in [0.15, 0.2) is 0 Å². The maximum absolute atomic E-state index is 9.29. The third-order valence-electron chi connectivity index (χ3n) is 3.44. The van der Waals surface area contributed by atoms with Gasteiger partial charge in [0.2, 0.25) is 0 Å². The van der Waals surface area contributed by atoms with Gasteiger partial charge in [-0.05, 0) is 30.5 Å². The van der Waals surface area contributed by atoms with Crippen LogP contribution < -0.4 is 5.32 Å². The molecule has 0 saturated heterocycles. The van der Waals surface area contributed by atoms with E-state index in [0.29, 0.717) is 6.42 Å². The fourth-order valence-electron chi connectivity index (χ4n) is 2.38. The monoisotopic (exact) mass is 333 g/mol. The Kier molecular flexibility index (Phi) is 5.77. The van der Waals surface area contributed by atoms with Gasteiger partial charge in [-0.2, -0.15) is 0 Å². The SMILES string of the molecule is CC(N[C@H](CCO)c1ccccc1)c1ccccc1Br. The van der Waals surface area contributed by atoms with Crippen molar-refractivity contribution in [2.24, 2.45) is 0 Å². The molecule has 106 valence electrons. The molecule has 0 spiro atoms. The number of aliphatic hydroxyl groups is 1. The highest BCUT2D eigenvalue weighted by atomic mass is 79.9. The van der Waals surface area contributed by atoms with Crippen LogP contribution in [0.5, 0.6) is 0 Å². The van der Waals surface area contributed by atoms with Crippen LogP contribution >= 0.6 is 15.9 Å². The van der Waals surface area contributed by atoms with Gasteiger partial charge in [-0.3, -0.25) is 0 Å². The fourth-order valence-corrected chi connectivity index (χ4v) is 3.01. The van der Waals surface area contributed by atoms with Crippen LogP contribution in [0, 0.1) is 0 Å². The van der Waals surface area contributed by atoms with Gasteiger partial charge < -0.3 is 10.4 Å². The molecule has 2 aromatic carbocycles. The second-order valence-corrected chi connectivity index (χ2v) is 5.74. The summed E-state index contributed by atoms with van der Waals surface area (Å²) >= 11 is 3.59. The zero-order chi connectivity index (χ0) is 14.4. The number of hydrogen-bond acceptors (Lipinski definition) is 2. The van der Waals surface area contributed by atoms with Crippen molar-refractivity contribution in [3.63, 3.8) is 0 Å². The lowest BCUT2D eigenvalue weighted by atomic mass is 10.0. The van der Waals surface area contributed by atoms with Gasteiger partial charge in [0.05, 0.1) is 0 Å². The largest absolute Gasteiger partial charge is 0.396 e. The molecule has 0 aliphatic carbocycles. The van der Waals surface area contributed by atoms with E-state index in [0.717, 1.165) is 4.47 Å². The minimum atomic E-state index is 0.156. The maximum Gasteiger partial charge on any atom is 0.0449 e. The summed E-state index contributed by atoms with van der Waals surface area (Å²) in [4.78, 5) is 0. The zero-order valence-corrected chi connectivity index (χ0v) is 13.2. The van der Waals surface area contributed by atoms with E-state index in [4.69, 9.17) is 0 Å². The van der Waals surface area contributed by atoms with Crippen LogP contribution in [0.15, 0.2) is 59.1 Å². The highest BCUT2D eigenvalue weighted by Crippen LogP contribution is 2.26. The number of aliphatic hydroxyl groups excluding tert-OH is 1. The molecule has 2 N–H and O–H groups in total. The summed E-state index contributed by atoms with van der Waals surface area (Å²) in [5.41, 5.74) is 2.44. The van der Waals surface area contributed by atoms with Crippen LogP contribution in [0.4, 0.5) is 0 Å². The molecule has 20 heavy (non-hydrogen) atoms. The smallest absolute Gasteiger partial charge is 0.0449 e. The molecule has 2 aromatic rings. The summed E-state index contributed by atoms with van der Waals surface area (Å²) in [5.74, 6) is 0. The third kappa shape index (κ3) is 3.92. The summed E-state index contributed by atoms with van der Waals surface area (Å²) in [6.07, 6.45) is 0.707. The predicted molar refractivity (Wildman–Crippen MR) is 86.6 cm³/mol. The minimum absolute atomic E-state index is 0.156. The number of benzene rings is 2. The van der Waals surface area contributed by atoms with Crippen molar-refractivity contribution in [3.05, 3.63) is 70.2 Å². The third-order valence-corrected chi connectivity index (χ3v) is 4.16. The van der Waals surface area contributed by atoms with Gasteiger partial charge in [-0.25, -0.2) is 0 Å². The molecule has 2 rings (SSSR count). The highest BCUT2D eigenvalue weighted by molar-refractivity contribution is 9.10. The van der Waals surface area contributed by atoms with E-state index in [1.165, 1.54) is 11.1 Å². The lowest BCUT2D eigenvalue weighted by Gasteiger charge is -2.24. The van der Waals surface area contributed by atoms with E-state index in [2.05, 4.69) is 52.4 Å². The topological polar surface area (TPSA) is 32.3 Å². The first-order valence-corrected chi connectivity index (χ1v) is 7.68. The van der Waals surface area contributed by atoms with E-state index < -0.39 is 0 Å². The highest BCUT2D eigenvalue weighted by Gasteiger charge is 2.16. The molecule has 0 aliphatic heterocycles. The second-order valence-electron chi connectivity index (χ2n) is 4.89. The quantitative estimate of drug-likeness (QED) is 0.829. The van der Waals surface area contributed by atoms with Crippen molar-refractivity contribution in [3.8, 4) is 0 Å². The molecule has 1 unspecified atom stereocenters. The molecule has 0 saturated carbocycles. The average Bonchev–Trinajstić information content (AvgIpc) is 2.48. The summed E-state index contributed by atoms with van der Waals surface area (Å²) in [5, 5.41) is 12.9. The summed E-state index contributed by atoms with van der Waals surface area (Å²) in [6.45, 7) is 2.32. The summed E-state index contributed by atoms with van der Waals surface area (Å²) in [6, 6.07) is 18.9. The Hall–Kier alpha value is -1.16. The first-order chi connectivity index (χ1) is 9.72. The van der Waals surface area contributed by atoms with E-state index >= 15 is 0 Å². The second kappa shape index (κ2) is 7.58.